The molecule has 1 aromatic rings. The molecule has 132 valence electrons. The minimum Gasteiger partial charge on any atom is -0.494 e. The van der Waals surface area contributed by atoms with Crippen LogP contribution in [0.2, 0.25) is 0 Å². The summed E-state index contributed by atoms with van der Waals surface area (Å²) in [5.41, 5.74) is 0.951. The van der Waals surface area contributed by atoms with Gasteiger partial charge in [-0.2, -0.15) is 0 Å². The number of para-hydroxylation sites is 1. The highest BCUT2D eigenvalue weighted by Gasteiger charge is 2.42. The number of hydrogen-bond acceptors (Lipinski definition) is 3. The number of carboxylic acid groups (broad SMARTS) is 1. The van der Waals surface area contributed by atoms with Crippen LogP contribution in [0, 0.1) is 17.8 Å². The minimum atomic E-state index is -0.878. The first-order valence-corrected chi connectivity index (χ1v) is 8.68. The Morgan fingerprint density at radius 3 is 2.46 bits per heavy atom. The van der Waals surface area contributed by atoms with Gasteiger partial charge < -0.3 is 15.2 Å². The number of amides is 1. The van der Waals surface area contributed by atoms with Crippen LogP contribution in [0.25, 0.3) is 0 Å². The lowest BCUT2D eigenvalue weighted by Gasteiger charge is -2.34. The fourth-order valence-electron chi connectivity index (χ4n) is 3.18. The van der Waals surface area contributed by atoms with Crippen molar-refractivity contribution in [3.8, 4) is 5.75 Å². The van der Waals surface area contributed by atoms with E-state index in [-0.39, 0.29) is 11.9 Å². The molecule has 1 fully saturated rings. The average Bonchev–Trinajstić information content (AvgIpc) is 2.45. The SMILES string of the molecule is CCOc1ccccc1C(CC(C)C)NC(=O)C1CCC1C(=O)O. The van der Waals surface area contributed by atoms with Gasteiger partial charge in [-0.25, -0.2) is 0 Å². The molecule has 2 N–H and O–H groups in total. The smallest absolute Gasteiger partial charge is 0.307 e. The van der Waals surface area contributed by atoms with Gasteiger partial charge in [0.1, 0.15) is 5.75 Å². The fourth-order valence-corrected chi connectivity index (χ4v) is 3.18. The molecule has 1 aromatic carbocycles. The number of benzene rings is 1. The molecule has 1 aliphatic rings. The van der Waals surface area contributed by atoms with Crippen LogP contribution >= 0.6 is 0 Å². The van der Waals surface area contributed by atoms with E-state index in [9.17, 15) is 9.59 Å². The highest BCUT2D eigenvalue weighted by atomic mass is 16.5. The highest BCUT2D eigenvalue weighted by Crippen LogP contribution is 2.36. The molecule has 0 heterocycles. The van der Waals surface area contributed by atoms with Crippen LogP contribution in [-0.4, -0.2) is 23.6 Å². The molecule has 24 heavy (non-hydrogen) atoms. The van der Waals surface area contributed by atoms with Crippen molar-refractivity contribution in [2.45, 2.75) is 46.1 Å². The van der Waals surface area contributed by atoms with Crippen molar-refractivity contribution in [2.75, 3.05) is 6.61 Å². The summed E-state index contributed by atoms with van der Waals surface area (Å²) in [4.78, 5) is 23.7. The largest absolute Gasteiger partial charge is 0.494 e. The maximum atomic E-state index is 12.6. The molecule has 0 radical (unpaired) electrons. The molecule has 0 saturated heterocycles. The van der Waals surface area contributed by atoms with Crippen LogP contribution in [0.4, 0.5) is 0 Å². The van der Waals surface area contributed by atoms with E-state index in [1.165, 1.54) is 0 Å². The van der Waals surface area contributed by atoms with Gasteiger partial charge in [0.25, 0.3) is 0 Å². The van der Waals surface area contributed by atoms with E-state index in [1.54, 1.807) is 0 Å². The Hall–Kier alpha value is -2.04. The quantitative estimate of drug-likeness (QED) is 0.764. The maximum Gasteiger partial charge on any atom is 0.307 e. The lowest BCUT2D eigenvalue weighted by Crippen LogP contribution is -2.45. The van der Waals surface area contributed by atoms with Gasteiger partial charge in [-0.1, -0.05) is 32.0 Å². The molecule has 2 rings (SSSR count). The second-order valence-corrected chi connectivity index (χ2v) is 6.79. The zero-order valence-electron chi connectivity index (χ0n) is 14.6. The number of carbonyl (C=O) groups is 2. The Balaban J connectivity index is 2.17. The Kier molecular flexibility index (Phi) is 6.23. The summed E-state index contributed by atoms with van der Waals surface area (Å²) in [7, 11) is 0. The molecule has 1 aliphatic carbocycles. The molecule has 0 aromatic heterocycles. The summed E-state index contributed by atoms with van der Waals surface area (Å²) < 4.78 is 5.70. The van der Waals surface area contributed by atoms with E-state index in [4.69, 9.17) is 9.84 Å². The van der Waals surface area contributed by atoms with E-state index in [0.29, 0.717) is 25.4 Å². The Morgan fingerprint density at radius 2 is 1.92 bits per heavy atom. The van der Waals surface area contributed by atoms with E-state index >= 15 is 0 Å². The van der Waals surface area contributed by atoms with Gasteiger partial charge in [0, 0.05) is 5.56 Å². The average molecular weight is 333 g/mol. The molecule has 1 amide bonds. The molecular formula is C19H27NO4. The Morgan fingerprint density at radius 1 is 1.25 bits per heavy atom. The van der Waals surface area contributed by atoms with Crippen LogP contribution in [0.3, 0.4) is 0 Å². The predicted molar refractivity (Wildman–Crippen MR) is 91.8 cm³/mol. The second kappa shape index (κ2) is 8.18. The van der Waals surface area contributed by atoms with Crippen molar-refractivity contribution >= 4 is 11.9 Å². The predicted octanol–water partition coefficient (Wildman–Crippen LogP) is 3.40. The van der Waals surface area contributed by atoms with Gasteiger partial charge in [0.15, 0.2) is 0 Å². The number of hydrogen-bond donors (Lipinski definition) is 2. The van der Waals surface area contributed by atoms with E-state index in [2.05, 4.69) is 19.2 Å². The van der Waals surface area contributed by atoms with Crippen molar-refractivity contribution in [1.82, 2.24) is 5.32 Å². The first-order chi connectivity index (χ1) is 11.4. The summed E-state index contributed by atoms with van der Waals surface area (Å²) in [6.45, 7) is 6.69. The van der Waals surface area contributed by atoms with E-state index in [1.807, 2.05) is 31.2 Å². The topological polar surface area (TPSA) is 75.6 Å². The lowest BCUT2D eigenvalue weighted by molar-refractivity contribution is -0.153. The maximum absolute atomic E-state index is 12.6. The molecule has 0 spiro atoms. The normalized spacial score (nSPS) is 21.0. The Labute approximate surface area is 143 Å². The third-order valence-electron chi connectivity index (χ3n) is 4.55. The molecule has 0 bridgehead atoms. The number of aliphatic carboxylic acids is 1. The van der Waals surface area contributed by atoms with Gasteiger partial charge in [-0.05, 0) is 38.2 Å². The van der Waals surface area contributed by atoms with Crippen molar-refractivity contribution in [3.63, 3.8) is 0 Å². The number of ether oxygens (including phenoxy) is 1. The summed E-state index contributed by atoms with van der Waals surface area (Å²) in [5, 5.41) is 12.2. The molecule has 1 saturated carbocycles. The number of rotatable bonds is 8. The standard InChI is InChI=1S/C19H27NO4/c1-4-24-17-8-6-5-7-15(17)16(11-12(2)3)20-18(21)13-9-10-14(13)19(22)23/h5-8,12-14,16H,4,9-11H2,1-3H3,(H,20,21)(H,22,23). The van der Waals surface area contributed by atoms with Crippen LogP contribution in [0.5, 0.6) is 5.75 Å². The number of carbonyl (C=O) groups excluding carboxylic acids is 1. The fraction of sp³-hybridized carbons (Fsp3) is 0.579. The highest BCUT2D eigenvalue weighted by molar-refractivity contribution is 5.86. The lowest BCUT2D eigenvalue weighted by atomic mass is 9.73. The monoisotopic (exact) mass is 333 g/mol. The molecule has 0 aliphatic heterocycles. The zero-order chi connectivity index (χ0) is 17.7. The van der Waals surface area contributed by atoms with E-state index in [0.717, 1.165) is 17.7 Å². The van der Waals surface area contributed by atoms with Crippen LogP contribution in [0.15, 0.2) is 24.3 Å². The van der Waals surface area contributed by atoms with Crippen LogP contribution in [0.1, 0.15) is 51.6 Å². The van der Waals surface area contributed by atoms with E-state index < -0.39 is 17.8 Å². The third kappa shape index (κ3) is 4.28. The van der Waals surface area contributed by atoms with Gasteiger partial charge in [-0.3, -0.25) is 9.59 Å². The first-order valence-electron chi connectivity index (χ1n) is 8.68. The van der Waals surface area contributed by atoms with Crippen molar-refractivity contribution in [2.24, 2.45) is 17.8 Å². The molecule has 5 nitrogen and oxygen atoms in total. The molecule has 5 heteroatoms. The zero-order valence-corrected chi connectivity index (χ0v) is 14.6. The van der Waals surface area contributed by atoms with Crippen LogP contribution < -0.4 is 10.1 Å². The molecule has 3 atom stereocenters. The van der Waals surface area contributed by atoms with Crippen LogP contribution in [-0.2, 0) is 9.59 Å². The summed E-state index contributed by atoms with van der Waals surface area (Å²) >= 11 is 0. The summed E-state index contributed by atoms with van der Waals surface area (Å²) in [6, 6.07) is 7.54. The van der Waals surface area contributed by atoms with Gasteiger partial charge in [0.05, 0.1) is 24.5 Å². The van der Waals surface area contributed by atoms with Gasteiger partial charge in [0.2, 0.25) is 5.91 Å². The summed E-state index contributed by atoms with van der Waals surface area (Å²) in [5.74, 6) is -0.846. The third-order valence-corrected chi connectivity index (χ3v) is 4.55. The van der Waals surface area contributed by atoms with Gasteiger partial charge in [-0.15, -0.1) is 0 Å². The first kappa shape index (κ1) is 18.3. The number of nitrogens with one attached hydrogen (secondary N) is 1. The molecular weight excluding hydrogens is 306 g/mol. The van der Waals surface area contributed by atoms with Crippen molar-refractivity contribution in [1.29, 1.82) is 0 Å². The van der Waals surface area contributed by atoms with Crippen molar-refractivity contribution in [3.05, 3.63) is 29.8 Å². The summed E-state index contributed by atoms with van der Waals surface area (Å²) in [6.07, 6.45) is 2.00. The molecule has 3 unspecified atom stereocenters. The van der Waals surface area contributed by atoms with Gasteiger partial charge >= 0.3 is 5.97 Å². The Bertz CT molecular complexity index is 584. The minimum absolute atomic E-state index is 0.161. The van der Waals surface area contributed by atoms with Crippen molar-refractivity contribution < 1.29 is 19.4 Å². The number of carboxylic acids is 1. The second-order valence-electron chi connectivity index (χ2n) is 6.79.